The van der Waals surface area contributed by atoms with Gasteiger partial charge >= 0.3 is 6.01 Å². The lowest BCUT2D eigenvalue weighted by Gasteiger charge is -2.03. The van der Waals surface area contributed by atoms with Crippen molar-refractivity contribution in [1.82, 2.24) is 9.97 Å². The Labute approximate surface area is 65.6 Å². The van der Waals surface area contributed by atoms with Gasteiger partial charge in [0.2, 0.25) is 0 Å². The van der Waals surface area contributed by atoms with Crippen LogP contribution >= 0.6 is 0 Å². The molecule has 60 valence electrons. The van der Waals surface area contributed by atoms with Crippen LogP contribution < -0.4 is 10.1 Å². The van der Waals surface area contributed by atoms with Gasteiger partial charge in [-0.15, -0.1) is 0 Å². The van der Waals surface area contributed by atoms with Crippen molar-refractivity contribution in [3.05, 3.63) is 11.8 Å². The molecule has 0 amide bonds. The molecule has 0 atom stereocenters. The predicted molar refractivity (Wildman–Crippen MR) is 42.9 cm³/mol. The lowest BCUT2D eigenvalue weighted by Crippen LogP contribution is -1.99. The fraction of sp³-hybridized carbons (Fsp3) is 0.429. The smallest absolute Gasteiger partial charge is 0.318 e. The molecule has 0 saturated carbocycles. The van der Waals surface area contributed by atoms with E-state index in [4.69, 9.17) is 4.74 Å². The second kappa shape index (κ2) is 3.18. The number of nitrogens with one attached hydrogen (secondary N) is 1. The van der Waals surface area contributed by atoms with Crippen molar-refractivity contribution in [2.75, 3.05) is 19.5 Å². The Bertz CT molecular complexity index is 249. The highest BCUT2D eigenvalue weighted by Gasteiger charge is 1.99. The molecule has 1 aromatic heterocycles. The zero-order valence-electron chi connectivity index (χ0n) is 6.88. The number of ether oxygens (including phenoxy) is 1. The van der Waals surface area contributed by atoms with Crippen molar-refractivity contribution in [3.63, 3.8) is 0 Å². The Hall–Kier alpha value is -1.32. The maximum absolute atomic E-state index is 4.85. The molecule has 0 bridgehead atoms. The molecule has 1 N–H and O–H groups in total. The van der Waals surface area contributed by atoms with E-state index in [1.54, 1.807) is 13.3 Å². The van der Waals surface area contributed by atoms with E-state index in [1.165, 1.54) is 0 Å². The molecule has 4 nitrogen and oxygen atoms in total. The standard InChI is InChI=1S/C7H11N3O/c1-5-4-9-7(11-3)10-6(5)8-2/h4H,1-3H3,(H,8,9,10). The summed E-state index contributed by atoms with van der Waals surface area (Å²) >= 11 is 0. The summed E-state index contributed by atoms with van der Waals surface area (Å²) < 4.78 is 4.85. The van der Waals surface area contributed by atoms with E-state index in [1.807, 2.05) is 14.0 Å². The van der Waals surface area contributed by atoms with Gasteiger partial charge in [0.15, 0.2) is 0 Å². The van der Waals surface area contributed by atoms with E-state index in [2.05, 4.69) is 15.3 Å². The SMILES string of the molecule is CNc1nc(OC)ncc1C. The van der Waals surface area contributed by atoms with Gasteiger partial charge in [-0.1, -0.05) is 0 Å². The molecule has 4 heteroatoms. The topological polar surface area (TPSA) is 47.0 Å². The van der Waals surface area contributed by atoms with Crippen LogP contribution in [-0.2, 0) is 0 Å². The molecule has 0 spiro atoms. The summed E-state index contributed by atoms with van der Waals surface area (Å²) in [7, 11) is 3.36. The zero-order valence-corrected chi connectivity index (χ0v) is 6.88. The number of hydrogen-bond acceptors (Lipinski definition) is 4. The highest BCUT2D eigenvalue weighted by Crippen LogP contribution is 2.11. The molecule has 1 aromatic rings. The minimum Gasteiger partial charge on any atom is -0.467 e. The van der Waals surface area contributed by atoms with Crippen LogP contribution in [0.3, 0.4) is 0 Å². The Morgan fingerprint density at radius 3 is 2.82 bits per heavy atom. The zero-order chi connectivity index (χ0) is 8.27. The summed E-state index contributed by atoms with van der Waals surface area (Å²) in [5.41, 5.74) is 1.01. The molecular formula is C7H11N3O. The van der Waals surface area contributed by atoms with Crippen LogP contribution in [0.15, 0.2) is 6.20 Å². The summed E-state index contributed by atoms with van der Waals surface area (Å²) in [4.78, 5) is 8.00. The highest BCUT2D eigenvalue weighted by atomic mass is 16.5. The Balaban J connectivity index is 3.02. The van der Waals surface area contributed by atoms with Crippen LogP contribution in [0.4, 0.5) is 5.82 Å². The fourth-order valence-corrected chi connectivity index (χ4v) is 0.777. The number of rotatable bonds is 2. The summed E-state index contributed by atoms with van der Waals surface area (Å²) in [5.74, 6) is 0.803. The summed E-state index contributed by atoms with van der Waals surface area (Å²) in [6.07, 6.45) is 1.72. The molecule has 1 rings (SSSR count). The van der Waals surface area contributed by atoms with E-state index in [0.29, 0.717) is 6.01 Å². The molecule has 0 aliphatic rings. The van der Waals surface area contributed by atoms with Crippen molar-refractivity contribution in [3.8, 4) is 6.01 Å². The lowest BCUT2D eigenvalue weighted by atomic mass is 10.3. The van der Waals surface area contributed by atoms with Gasteiger partial charge < -0.3 is 10.1 Å². The van der Waals surface area contributed by atoms with Crippen LogP contribution in [-0.4, -0.2) is 24.1 Å². The normalized spacial score (nSPS) is 9.36. The molecule has 0 aromatic carbocycles. The second-order valence-electron chi connectivity index (χ2n) is 2.14. The van der Waals surface area contributed by atoms with E-state index in [0.717, 1.165) is 11.4 Å². The van der Waals surface area contributed by atoms with Crippen LogP contribution in [0.2, 0.25) is 0 Å². The Morgan fingerprint density at radius 2 is 2.27 bits per heavy atom. The average molecular weight is 153 g/mol. The monoisotopic (exact) mass is 153 g/mol. The van der Waals surface area contributed by atoms with Gasteiger partial charge in [0.25, 0.3) is 0 Å². The lowest BCUT2D eigenvalue weighted by molar-refractivity contribution is 0.380. The van der Waals surface area contributed by atoms with Gasteiger partial charge in [-0.25, -0.2) is 4.98 Å². The molecule has 0 radical (unpaired) electrons. The maximum Gasteiger partial charge on any atom is 0.318 e. The summed E-state index contributed by atoms with van der Waals surface area (Å²) in [6.45, 7) is 1.94. The third-order valence-electron chi connectivity index (χ3n) is 1.37. The van der Waals surface area contributed by atoms with Gasteiger partial charge in [0.05, 0.1) is 7.11 Å². The van der Waals surface area contributed by atoms with Crippen LogP contribution in [0, 0.1) is 6.92 Å². The molecule has 0 fully saturated rings. The minimum absolute atomic E-state index is 0.389. The fourth-order valence-electron chi connectivity index (χ4n) is 0.777. The van der Waals surface area contributed by atoms with Gasteiger partial charge in [0, 0.05) is 18.8 Å². The number of hydrogen-bond donors (Lipinski definition) is 1. The van der Waals surface area contributed by atoms with Crippen LogP contribution in [0.1, 0.15) is 5.56 Å². The first-order valence-electron chi connectivity index (χ1n) is 3.33. The molecule has 0 unspecified atom stereocenters. The van der Waals surface area contributed by atoms with E-state index in [9.17, 15) is 0 Å². The number of aryl methyl sites for hydroxylation is 1. The number of methoxy groups -OCH3 is 1. The molecule has 0 saturated heterocycles. The van der Waals surface area contributed by atoms with Gasteiger partial charge in [0.1, 0.15) is 5.82 Å². The summed E-state index contributed by atoms with van der Waals surface area (Å²) in [5, 5.41) is 2.94. The first-order valence-corrected chi connectivity index (χ1v) is 3.33. The quantitative estimate of drug-likeness (QED) is 0.683. The molecule has 0 aliphatic heterocycles. The van der Waals surface area contributed by atoms with Gasteiger partial charge in [-0.2, -0.15) is 4.98 Å². The first kappa shape index (κ1) is 7.78. The Kier molecular flexibility index (Phi) is 2.25. The number of aromatic nitrogens is 2. The van der Waals surface area contributed by atoms with E-state index in [-0.39, 0.29) is 0 Å². The minimum atomic E-state index is 0.389. The van der Waals surface area contributed by atoms with Crippen LogP contribution in [0.25, 0.3) is 0 Å². The van der Waals surface area contributed by atoms with Crippen LogP contribution in [0.5, 0.6) is 6.01 Å². The van der Waals surface area contributed by atoms with Crippen molar-refractivity contribution in [2.24, 2.45) is 0 Å². The average Bonchev–Trinajstić information content (AvgIpc) is 2.05. The van der Waals surface area contributed by atoms with E-state index < -0.39 is 0 Å². The van der Waals surface area contributed by atoms with Gasteiger partial charge in [-0.05, 0) is 6.92 Å². The third kappa shape index (κ3) is 1.58. The van der Waals surface area contributed by atoms with Gasteiger partial charge in [-0.3, -0.25) is 0 Å². The molecule has 11 heavy (non-hydrogen) atoms. The summed E-state index contributed by atoms with van der Waals surface area (Å²) in [6, 6.07) is 0.389. The molecule has 1 heterocycles. The number of anilines is 1. The largest absolute Gasteiger partial charge is 0.467 e. The van der Waals surface area contributed by atoms with Crippen molar-refractivity contribution in [2.45, 2.75) is 6.92 Å². The van der Waals surface area contributed by atoms with E-state index >= 15 is 0 Å². The second-order valence-corrected chi connectivity index (χ2v) is 2.14. The van der Waals surface area contributed by atoms with Crippen molar-refractivity contribution in [1.29, 1.82) is 0 Å². The molecule has 0 aliphatic carbocycles. The van der Waals surface area contributed by atoms with Crippen molar-refractivity contribution < 1.29 is 4.74 Å². The third-order valence-corrected chi connectivity index (χ3v) is 1.37. The number of nitrogens with zero attached hydrogens (tertiary/aromatic N) is 2. The highest BCUT2D eigenvalue weighted by molar-refractivity contribution is 5.41. The molecular weight excluding hydrogens is 142 g/mol. The Morgan fingerprint density at radius 1 is 1.55 bits per heavy atom. The first-order chi connectivity index (χ1) is 5.27. The maximum atomic E-state index is 4.85. The van der Waals surface area contributed by atoms with Crippen molar-refractivity contribution >= 4 is 5.82 Å². The predicted octanol–water partition coefficient (Wildman–Crippen LogP) is 0.835.